The minimum atomic E-state index is -0.417. The van der Waals surface area contributed by atoms with Crippen molar-refractivity contribution >= 4 is 6.03 Å². The molecule has 1 saturated carbocycles. The highest BCUT2D eigenvalue weighted by atomic mass is 19.1. The van der Waals surface area contributed by atoms with Gasteiger partial charge in [0, 0.05) is 6.04 Å². The van der Waals surface area contributed by atoms with Gasteiger partial charge in [-0.1, -0.05) is 12.1 Å². The van der Waals surface area contributed by atoms with Crippen LogP contribution in [0, 0.1) is 5.82 Å². The molecule has 2 rings (SSSR count). The van der Waals surface area contributed by atoms with Crippen molar-refractivity contribution in [3.8, 4) is 5.75 Å². The summed E-state index contributed by atoms with van der Waals surface area (Å²) in [6.45, 7) is 1.99. The molecule has 3 N–H and O–H groups in total. The molecule has 0 radical (unpaired) electrons. The monoisotopic (exact) mass is 310 g/mol. The van der Waals surface area contributed by atoms with E-state index in [1.54, 1.807) is 25.1 Å². The van der Waals surface area contributed by atoms with Crippen LogP contribution in [0.25, 0.3) is 0 Å². The van der Waals surface area contributed by atoms with Crippen molar-refractivity contribution < 1.29 is 19.0 Å². The molecule has 1 aliphatic carbocycles. The Morgan fingerprint density at radius 2 is 2.05 bits per heavy atom. The van der Waals surface area contributed by atoms with Crippen molar-refractivity contribution in [2.75, 3.05) is 6.61 Å². The number of aliphatic hydroxyl groups is 1. The van der Waals surface area contributed by atoms with E-state index in [-0.39, 0.29) is 36.6 Å². The van der Waals surface area contributed by atoms with Crippen LogP contribution in [0.1, 0.15) is 32.6 Å². The molecule has 5 nitrogen and oxygen atoms in total. The summed E-state index contributed by atoms with van der Waals surface area (Å²) >= 11 is 0. The van der Waals surface area contributed by atoms with Crippen LogP contribution in [-0.4, -0.2) is 35.9 Å². The zero-order valence-corrected chi connectivity index (χ0v) is 12.7. The summed E-state index contributed by atoms with van der Waals surface area (Å²) < 4.78 is 18.8. The van der Waals surface area contributed by atoms with E-state index >= 15 is 0 Å². The minimum absolute atomic E-state index is 0.100. The summed E-state index contributed by atoms with van der Waals surface area (Å²) in [7, 11) is 0. The number of ether oxygens (including phenoxy) is 1. The number of amides is 2. The first-order valence-corrected chi connectivity index (χ1v) is 7.67. The maximum absolute atomic E-state index is 13.4. The first-order chi connectivity index (χ1) is 10.5. The molecule has 2 amide bonds. The fourth-order valence-corrected chi connectivity index (χ4v) is 2.49. The van der Waals surface area contributed by atoms with Crippen LogP contribution in [0.2, 0.25) is 0 Å². The van der Waals surface area contributed by atoms with Crippen molar-refractivity contribution in [2.45, 2.75) is 50.8 Å². The van der Waals surface area contributed by atoms with Gasteiger partial charge in [0.05, 0.1) is 12.1 Å². The maximum atomic E-state index is 13.4. The number of rotatable bonds is 5. The molecule has 0 unspecified atom stereocenters. The van der Waals surface area contributed by atoms with Gasteiger partial charge < -0.3 is 20.5 Å². The van der Waals surface area contributed by atoms with E-state index in [9.17, 15) is 14.3 Å². The molecule has 0 aromatic heterocycles. The van der Waals surface area contributed by atoms with E-state index in [1.165, 1.54) is 6.07 Å². The molecule has 1 aliphatic rings. The van der Waals surface area contributed by atoms with Gasteiger partial charge in [0.25, 0.3) is 0 Å². The average molecular weight is 310 g/mol. The molecular formula is C16H23FN2O3. The van der Waals surface area contributed by atoms with Gasteiger partial charge in [-0.3, -0.25) is 0 Å². The predicted molar refractivity (Wildman–Crippen MR) is 81.3 cm³/mol. The number of benzene rings is 1. The molecule has 0 heterocycles. The number of hydrogen-bond acceptors (Lipinski definition) is 3. The lowest BCUT2D eigenvalue weighted by Gasteiger charge is -2.27. The first kappa shape index (κ1) is 16.5. The molecule has 1 aromatic rings. The van der Waals surface area contributed by atoms with Crippen LogP contribution >= 0.6 is 0 Å². The van der Waals surface area contributed by atoms with Crippen molar-refractivity contribution in [1.29, 1.82) is 0 Å². The van der Waals surface area contributed by atoms with Crippen LogP contribution in [0.4, 0.5) is 9.18 Å². The number of carbonyl (C=O) groups excluding carboxylic acids is 1. The molecule has 22 heavy (non-hydrogen) atoms. The van der Waals surface area contributed by atoms with Crippen LogP contribution in [0.5, 0.6) is 5.75 Å². The fourth-order valence-electron chi connectivity index (χ4n) is 2.49. The fraction of sp³-hybridized carbons (Fsp3) is 0.562. The molecule has 0 bridgehead atoms. The maximum Gasteiger partial charge on any atom is 0.315 e. The first-order valence-electron chi connectivity index (χ1n) is 7.67. The molecule has 1 atom stereocenters. The number of para-hydroxylation sites is 1. The number of halogens is 1. The van der Waals surface area contributed by atoms with Gasteiger partial charge in [0.2, 0.25) is 0 Å². The molecule has 1 aromatic carbocycles. The normalized spacial score (nSPS) is 22.7. The van der Waals surface area contributed by atoms with E-state index in [1.807, 2.05) is 0 Å². The van der Waals surface area contributed by atoms with E-state index in [0.717, 1.165) is 25.7 Å². The smallest absolute Gasteiger partial charge is 0.315 e. The van der Waals surface area contributed by atoms with E-state index in [0.29, 0.717) is 0 Å². The van der Waals surface area contributed by atoms with Crippen LogP contribution in [0.3, 0.4) is 0 Å². The summed E-state index contributed by atoms with van der Waals surface area (Å²) in [4.78, 5) is 11.9. The van der Waals surface area contributed by atoms with Crippen LogP contribution in [-0.2, 0) is 0 Å². The highest BCUT2D eigenvalue weighted by Gasteiger charge is 2.21. The number of carbonyl (C=O) groups is 1. The van der Waals surface area contributed by atoms with Crippen LogP contribution in [0.15, 0.2) is 24.3 Å². The summed E-state index contributed by atoms with van der Waals surface area (Å²) in [6.07, 6.45) is 2.77. The van der Waals surface area contributed by atoms with Gasteiger partial charge in [0.15, 0.2) is 11.6 Å². The summed E-state index contributed by atoms with van der Waals surface area (Å²) in [6, 6.07) is 5.77. The Balaban J connectivity index is 1.69. The average Bonchev–Trinajstić information content (AvgIpc) is 2.49. The third kappa shape index (κ3) is 5.18. The highest BCUT2D eigenvalue weighted by molar-refractivity contribution is 5.74. The van der Waals surface area contributed by atoms with Gasteiger partial charge >= 0.3 is 6.03 Å². The van der Waals surface area contributed by atoms with Gasteiger partial charge in [0.1, 0.15) is 6.61 Å². The lowest BCUT2D eigenvalue weighted by Crippen LogP contribution is -2.48. The van der Waals surface area contributed by atoms with Gasteiger partial charge in [-0.2, -0.15) is 0 Å². The zero-order chi connectivity index (χ0) is 15.9. The third-order valence-corrected chi connectivity index (χ3v) is 3.73. The van der Waals surface area contributed by atoms with Crippen molar-refractivity contribution in [1.82, 2.24) is 10.6 Å². The lowest BCUT2D eigenvalue weighted by atomic mass is 9.93. The predicted octanol–water partition coefficient (Wildman–Crippen LogP) is 2.20. The van der Waals surface area contributed by atoms with E-state index in [4.69, 9.17) is 4.74 Å². The second-order valence-electron chi connectivity index (χ2n) is 5.77. The molecule has 0 saturated heterocycles. The zero-order valence-electron chi connectivity index (χ0n) is 12.7. The Kier molecular flexibility index (Phi) is 6.00. The third-order valence-electron chi connectivity index (χ3n) is 3.73. The summed E-state index contributed by atoms with van der Waals surface area (Å²) in [5, 5.41) is 15.1. The topological polar surface area (TPSA) is 70.6 Å². The van der Waals surface area contributed by atoms with Crippen molar-refractivity contribution in [2.24, 2.45) is 0 Å². The highest BCUT2D eigenvalue weighted by Crippen LogP contribution is 2.18. The van der Waals surface area contributed by atoms with E-state index < -0.39 is 5.82 Å². The Hall–Kier alpha value is -1.82. The second-order valence-corrected chi connectivity index (χ2v) is 5.77. The molecule has 0 aliphatic heterocycles. The molecule has 6 heteroatoms. The number of urea groups is 1. The summed E-state index contributed by atoms with van der Waals surface area (Å²) in [5.74, 6) is -0.238. The molecule has 0 spiro atoms. The SMILES string of the molecule is C[C@@H](COc1ccccc1F)NC(=O)NC1CCC(O)CC1. The molecule has 1 fully saturated rings. The Morgan fingerprint density at radius 1 is 1.36 bits per heavy atom. The van der Waals surface area contributed by atoms with Crippen LogP contribution < -0.4 is 15.4 Å². The standard InChI is InChI=1S/C16H23FN2O3/c1-11(10-22-15-5-3-2-4-14(15)17)18-16(21)19-12-6-8-13(20)9-7-12/h2-5,11-13,20H,6-10H2,1H3,(H2,18,19,21)/t11-,12?,13?/m0/s1. The second kappa shape index (κ2) is 7.98. The minimum Gasteiger partial charge on any atom is -0.488 e. The van der Waals surface area contributed by atoms with E-state index in [2.05, 4.69) is 10.6 Å². The van der Waals surface area contributed by atoms with Gasteiger partial charge in [-0.25, -0.2) is 9.18 Å². The largest absolute Gasteiger partial charge is 0.488 e. The van der Waals surface area contributed by atoms with Crippen molar-refractivity contribution in [3.05, 3.63) is 30.1 Å². The Bertz CT molecular complexity index is 490. The number of nitrogens with one attached hydrogen (secondary N) is 2. The lowest BCUT2D eigenvalue weighted by molar-refractivity contribution is 0.117. The number of hydrogen-bond donors (Lipinski definition) is 3. The van der Waals surface area contributed by atoms with Crippen molar-refractivity contribution in [3.63, 3.8) is 0 Å². The molecule has 122 valence electrons. The Labute approximate surface area is 129 Å². The molecular weight excluding hydrogens is 287 g/mol. The quantitative estimate of drug-likeness (QED) is 0.781. The number of aliphatic hydroxyl groups excluding tert-OH is 1. The van der Waals surface area contributed by atoms with Gasteiger partial charge in [-0.05, 0) is 44.7 Å². The Morgan fingerprint density at radius 3 is 2.73 bits per heavy atom. The summed E-state index contributed by atoms with van der Waals surface area (Å²) in [5.41, 5.74) is 0. The van der Waals surface area contributed by atoms with Gasteiger partial charge in [-0.15, -0.1) is 0 Å².